The van der Waals surface area contributed by atoms with E-state index in [-0.39, 0.29) is 11.9 Å². The Labute approximate surface area is 118 Å². The average molecular weight is 282 g/mol. The van der Waals surface area contributed by atoms with Crippen molar-refractivity contribution >= 4 is 11.3 Å². The highest BCUT2D eigenvalue weighted by Crippen LogP contribution is 2.34. The molecule has 0 amide bonds. The maximum Gasteiger partial charge on any atom is 0.171 e. The second-order valence-electron chi connectivity index (χ2n) is 5.68. The molecule has 0 bridgehead atoms. The van der Waals surface area contributed by atoms with Gasteiger partial charge in [0, 0.05) is 30.8 Å². The first-order valence-electron chi connectivity index (χ1n) is 7.03. The zero-order chi connectivity index (χ0) is 13.5. The van der Waals surface area contributed by atoms with Crippen LogP contribution in [0.5, 0.6) is 0 Å². The lowest BCUT2D eigenvalue weighted by atomic mass is 10.0. The van der Waals surface area contributed by atoms with Crippen molar-refractivity contribution in [3.63, 3.8) is 0 Å². The minimum absolute atomic E-state index is 0.246. The smallest absolute Gasteiger partial charge is 0.171 e. The van der Waals surface area contributed by atoms with Crippen LogP contribution in [0, 0.1) is 13.8 Å². The van der Waals surface area contributed by atoms with Gasteiger partial charge in [0.1, 0.15) is 5.01 Å². The van der Waals surface area contributed by atoms with Gasteiger partial charge in [-0.05, 0) is 20.8 Å². The molecule has 0 saturated carbocycles. The zero-order valence-corrected chi connectivity index (χ0v) is 12.8. The molecule has 4 nitrogen and oxygen atoms in total. The van der Waals surface area contributed by atoms with Gasteiger partial charge in [-0.25, -0.2) is 4.98 Å². The number of hydrogen-bond donors (Lipinski definition) is 0. The summed E-state index contributed by atoms with van der Waals surface area (Å²) in [5, 5.41) is 1.23. The standard InChI is InChI=1S/C14H22N2O2S/c1-10-9-17-14(18-10)4-6-16(7-5-14)8-13-15-11(2)12(3)19-13/h10H,4-9H2,1-3H3/t10-/m0/s1. The van der Waals surface area contributed by atoms with E-state index in [1.54, 1.807) is 0 Å². The molecule has 5 heteroatoms. The predicted octanol–water partition coefficient (Wildman–Crippen LogP) is 2.49. The highest BCUT2D eigenvalue weighted by molar-refractivity contribution is 7.11. The fourth-order valence-corrected chi connectivity index (χ4v) is 3.79. The Bertz CT molecular complexity index is 433. The maximum atomic E-state index is 5.95. The number of aromatic nitrogens is 1. The quantitative estimate of drug-likeness (QED) is 0.834. The molecule has 3 heterocycles. The number of rotatable bonds is 2. The Balaban J connectivity index is 1.56. The molecule has 1 aromatic heterocycles. The van der Waals surface area contributed by atoms with Crippen LogP contribution in [-0.4, -0.2) is 41.5 Å². The first-order chi connectivity index (χ1) is 9.06. The molecule has 0 radical (unpaired) electrons. The van der Waals surface area contributed by atoms with Crippen molar-refractivity contribution in [2.45, 2.75) is 52.0 Å². The summed E-state index contributed by atoms with van der Waals surface area (Å²) in [5.74, 6) is -0.287. The molecule has 1 aromatic rings. The fourth-order valence-electron chi connectivity index (χ4n) is 2.82. The van der Waals surface area contributed by atoms with Gasteiger partial charge in [-0.15, -0.1) is 11.3 Å². The van der Waals surface area contributed by atoms with E-state index in [0.29, 0.717) is 0 Å². The van der Waals surface area contributed by atoms with Crippen LogP contribution in [0.15, 0.2) is 0 Å². The monoisotopic (exact) mass is 282 g/mol. The second-order valence-corrected chi connectivity index (χ2v) is 6.96. The minimum Gasteiger partial charge on any atom is -0.347 e. The normalized spacial score (nSPS) is 27.2. The molecule has 0 N–H and O–H groups in total. The molecule has 0 aliphatic carbocycles. The molecule has 3 rings (SSSR count). The number of piperidine rings is 1. The van der Waals surface area contributed by atoms with Gasteiger partial charge in [-0.2, -0.15) is 0 Å². The van der Waals surface area contributed by atoms with Crippen molar-refractivity contribution in [1.29, 1.82) is 0 Å². The second kappa shape index (κ2) is 5.13. The van der Waals surface area contributed by atoms with Crippen LogP contribution >= 0.6 is 11.3 Å². The van der Waals surface area contributed by atoms with Gasteiger partial charge >= 0.3 is 0 Å². The van der Waals surface area contributed by atoms with E-state index in [1.165, 1.54) is 15.6 Å². The number of hydrogen-bond acceptors (Lipinski definition) is 5. The minimum atomic E-state index is -0.287. The fraction of sp³-hybridized carbons (Fsp3) is 0.786. The van der Waals surface area contributed by atoms with Crippen molar-refractivity contribution in [1.82, 2.24) is 9.88 Å². The molecule has 19 heavy (non-hydrogen) atoms. The van der Waals surface area contributed by atoms with Crippen LogP contribution in [0.4, 0.5) is 0 Å². The van der Waals surface area contributed by atoms with Gasteiger partial charge in [0.25, 0.3) is 0 Å². The van der Waals surface area contributed by atoms with E-state index in [1.807, 2.05) is 11.3 Å². The topological polar surface area (TPSA) is 34.6 Å². The summed E-state index contributed by atoms with van der Waals surface area (Å²) in [4.78, 5) is 8.41. The third-order valence-electron chi connectivity index (χ3n) is 4.05. The summed E-state index contributed by atoms with van der Waals surface area (Å²) in [5.41, 5.74) is 1.17. The third kappa shape index (κ3) is 2.84. The molecule has 2 aliphatic heterocycles. The predicted molar refractivity (Wildman–Crippen MR) is 75.3 cm³/mol. The number of nitrogens with zero attached hydrogens (tertiary/aromatic N) is 2. The maximum absolute atomic E-state index is 5.95. The molecule has 1 atom stereocenters. The van der Waals surface area contributed by atoms with E-state index >= 15 is 0 Å². The zero-order valence-electron chi connectivity index (χ0n) is 11.9. The highest BCUT2D eigenvalue weighted by Gasteiger charge is 2.42. The first-order valence-corrected chi connectivity index (χ1v) is 7.85. The molecule has 2 fully saturated rings. The van der Waals surface area contributed by atoms with Crippen LogP contribution in [0.1, 0.15) is 35.3 Å². The van der Waals surface area contributed by atoms with Crippen LogP contribution in [0.2, 0.25) is 0 Å². The van der Waals surface area contributed by atoms with Gasteiger partial charge in [-0.1, -0.05) is 0 Å². The van der Waals surface area contributed by atoms with E-state index in [9.17, 15) is 0 Å². The lowest BCUT2D eigenvalue weighted by molar-refractivity contribution is -0.194. The summed E-state index contributed by atoms with van der Waals surface area (Å²) in [7, 11) is 0. The summed E-state index contributed by atoms with van der Waals surface area (Å²) in [6, 6.07) is 0. The van der Waals surface area contributed by atoms with Crippen LogP contribution < -0.4 is 0 Å². The Morgan fingerprint density at radius 3 is 2.63 bits per heavy atom. The van der Waals surface area contributed by atoms with Gasteiger partial charge in [0.15, 0.2) is 5.79 Å². The Morgan fingerprint density at radius 2 is 2.11 bits per heavy atom. The van der Waals surface area contributed by atoms with Crippen molar-refractivity contribution < 1.29 is 9.47 Å². The summed E-state index contributed by atoms with van der Waals surface area (Å²) >= 11 is 1.82. The number of likely N-dealkylation sites (tertiary alicyclic amines) is 1. The number of ether oxygens (including phenoxy) is 2. The van der Waals surface area contributed by atoms with Gasteiger partial charge in [-0.3, -0.25) is 4.90 Å². The molecular weight excluding hydrogens is 260 g/mol. The molecule has 106 valence electrons. The van der Waals surface area contributed by atoms with E-state index in [4.69, 9.17) is 9.47 Å². The first kappa shape index (κ1) is 13.5. The van der Waals surface area contributed by atoms with Crippen molar-refractivity contribution in [3.8, 4) is 0 Å². The lowest BCUT2D eigenvalue weighted by Crippen LogP contribution is -2.45. The van der Waals surface area contributed by atoms with Crippen molar-refractivity contribution in [2.24, 2.45) is 0 Å². The van der Waals surface area contributed by atoms with Crippen molar-refractivity contribution in [2.75, 3.05) is 19.7 Å². The lowest BCUT2D eigenvalue weighted by Gasteiger charge is -2.37. The number of aryl methyl sites for hydroxylation is 2. The largest absolute Gasteiger partial charge is 0.347 e. The van der Waals surface area contributed by atoms with Crippen LogP contribution in [0.3, 0.4) is 0 Å². The molecule has 2 aliphatic rings. The Hall–Kier alpha value is -0.490. The average Bonchev–Trinajstić information content (AvgIpc) is 2.88. The van der Waals surface area contributed by atoms with E-state index in [2.05, 4.69) is 30.7 Å². The molecule has 0 unspecified atom stereocenters. The van der Waals surface area contributed by atoms with Gasteiger partial charge in [0.2, 0.25) is 0 Å². The Kier molecular flexibility index (Phi) is 3.64. The van der Waals surface area contributed by atoms with Crippen molar-refractivity contribution in [3.05, 3.63) is 15.6 Å². The summed E-state index contributed by atoms with van der Waals surface area (Å²) < 4.78 is 11.8. The molecule has 1 spiro atoms. The SMILES string of the molecule is Cc1nc(CN2CCC3(CC2)OC[C@H](C)O3)sc1C. The summed E-state index contributed by atoms with van der Waals surface area (Å²) in [6.07, 6.45) is 2.19. The van der Waals surface area contributed by atoms with Gasteiger partial charge in [0.05, 0.1) is 24.9 Å². The molecular formula is C14H22N2O2S. The van der Waals surface area contributed by atoms with Gasteiger partial charge < -0.3 is 9.47 Å². The third-order valence-corrected chi connectivity index (χ3v) is 5.10. The molecule has 0 aromatic carbocycles. The van der Waals surface area contributed by atoms with E-state index < -0.39 is 0 Å². The number of thiazole rings is 1. The highest BCUT2D eigenvalue weighted by atomic mass is 32.1. The molecule has 2 saturated heterocycles. The van der Waals surface area contributed by atoms with E-state index in [0.717, 1.165) is 39.1 Å². The Morgan fingerprint density at radius 1 is 1.37 bits per heavy atom. The summed E-state index contributed by atoms with van der Waals surface area (Å²) in [6.45, 7) is 10.1. The van der Waals surface area contributed by atoms with Crippen LogP contribution in [-0.2, 0) is 16.0 Å². The van der Waals surface area contributed by atoms with Crippen LogP contribution in [0.25, 0.3) is 0 Å².